The Labute approximate surface area is 192 Å². The van der Waals surface area contributed by atoms with Gasteiger partial charge in [0.25, 0.3) is 0 Å². The van der Waals surface area contributed by atoms with Crippen molar-refractivity contribution >= 4 is 16.9 Å². The zero-order valence-corrected chi connectivity index (χ0v) is 18.9. The van der Waals surface area contributed by atoms with Gasteiger partial charge < -0.3 is 19.5 Å². The molecule has 2 N–H and O–H groups in total. The summed E-state index contributed by atoms with van der Waals surface area (Å²) in [6.07, 6.45) is 3.37. The molecule has 0 bridgehead atoms. The van der Waals surface area contributed by atoms with Crippen LogP contribution in [0.4, 0.5) is 5.95 Å². The fourth-order valence-electron chi connectivity index (χ4n) is 4.39. The van der Waals surface area contributed by atoms with Gasteiger partial charge in [0.1, 0.15) is 5.69 Å². The molecule has 1 fully saturated rings. The molecule has 1 atom stereocenters. The lowest BCUT2D eigenvalue weighted by Gasteiger charge is -2.26. The van der Waals surface area contributed by atoms with E-state index in [0.717, 1.165) is 54.0 Å². The Morgan fingerprint density at radius 2 is 2.09 bits per heavy atom. The number of aromatic nitrogens is 5. The number of nitrogens with one attached hydrogen (secondary N) is 1. The third-order valence-electron chi connectivity index (χ3n) is 6.08. The quantitative estimate of drug-likeness (QED) is 0.444. The first-order valence-corrected chi connectivity index (χ1v) is 11.2. The van der Waals surface area contributed by atoms with Crippen LogP contribution < -0.4 is 9.64 Å². The third-order valence-corrected chi connectivity index (χ3v) is 6.08. The number of rotatable bonds is 7. The molecule has 1 aliphatic heterocycles. The van der Waals surface area contributed by atoms with Gasteiger partial charge in [0.2, 0.25) is 5.95 Å². The van der Waals surface area contributed by atoms with E-state index >= 15 is 0 Å². The van der Waals surface area contributed by atoms with Crippen molar-refractivity contribution in [3.8, 4) is 23.0 Å². The molecule has 1 saturated heterocycles. The van der Waals surface area contributed by atoms with Crippen molar-refractivity contribution in [1.82, 2.24) is 25.0 Å². The number of benzene rings is 2. The minimum absolute atomic E-state index is 0.107. The summed E-state index contributed by atoms with van der Waals surface area (Å²) in [5.74, 6) is 2.00. The third kappa shape index (κ3) is 4.23. The zero-order chi connectivity index (χ0) is 22.8. The highest BCUT2D eigenvalue weighted by Crippen LogP contribution is 2.30. The van der Waals surface area contributed by atoms with Crippen molar-refractivity contribution in [2.75, 3.05) is 25.7 Å². The van der Waals surface area contributed by atoms with Crippen LogP contribution in [0.25, 0.3) is 22.4 Å². The number of phenolic OH excluding ortho intramolecular Hbond substituents is 1. The summed E-state index contributed by atoms with van der Waals surface area (Å²) in [6, 6.07) is 13.4. The Bertz CT molecular complexity index is 1240. The second kappa shape index (κ2) is 9.11. The normalized spacial score (nSPS) is 16.2. The molecule has 3 heterocycles. The molecule has 0 radical (unpaired) electrons. The SMILES string of the molecule is COc1ccc(CN(C)c2nnc(-c3n[nH]c4ccccc34)n2CC2CCCCO2)cc1O. The van der Waals surface area contributed by atoms with Crippen molar-refractivity contribution in [3.63, 3.8) is 0 Å². The summed E-state index contributed by atoms with van der Waals surface area (Å²) in [5.41, 5.74) is 2.67. The number of aromatic hydroxyl groups is 1. The monoisotopic (exact) mass is 448 g/mol. The van der Waals surface area contributed by atoms with Crippen molar-refractivity contribution in [3.05, 3.63) is 48.0 Å². The molecular formula is C24H28N6O3. The smallest absolute Gasteiger partial charge is 0.227 e. The summed E-state index contributed by atoms with van der Waals surface area (Å²) in [6.45, 7) is 1.98. The van der Waals surface area contributed by atoms with Crippen LogP contribution in [0, 0.1) is 0 Å². The zero-order valence-electron chi connectivity index (χ0n) is 18.9. The predicted octanol–water partition coefficient (Wildman–Crippen LogP) is 3.74. The van der Waals surface area contributed by atoms with E-state index in [-0.39, 0.29) is 11.9 Å². The molecular weight excluding hydrogens is 420 g/mol. The number of para-hydroxylation sites is 1. The van der Waals surface area contributed by atoms with E-state index in [1.165, 1.54) is 7.11 Å². The van der Waals surface area contributed by atoms with Gasteiger partial charge in [-0.3, -0.25) is 9.67 Å². The van der Waals surface area contributed by atoms with Crippen LogP contribution in [0.15, 0.2) is 42.5 Å². The Morgan fingerprint density at radius 3 is 2.88 bits per heavy atom. The van der Waals surface area contributed by atoms with Crippen molar-refractivity contribution in [2.24, 2.45) is 0 Å². The first-order valence-electron chi connectivity index (χ1n) is 11.2. The number of hydrogen-bond donors (Lipinski definition) is 2. The topological polar surface area (TPSA) is 101 Å². The number of methoxy groups -OCH3 is 1. The highest BCUT2D eigenvalue weighted by molar-refractivity contribution is 5.91. The number of anilines is 1. The molecule has 0 spiro atoms. The second-order valence-electron chi connectivity index (χ2n) is 8.40. The van der Waals surface area contributed by atoms with E-state index in [0.29, 0.717) is 24.7 Å². The van der Waals surface area contributed by atoms with Gasteiger partial charge in [-0.2, -0.15) is 5.10 Å². The van der Waals surface area contributed by atoms with E-state index in [2.05, 4.69) is 25.0 Å². The number of hydrogen-bond acceptors (Lipinski definition) is 7. The molecule has 1 aliphatic rings. The maximum atomic E-state index is 10.2. The van der Waals surface area contributed by atoms with Gasteiger partial charge in [-0.1, -0.05) is 24.3 Å². The summed E-state index contributed by atoms with van der Waals surface area (Å²) < 4.78 is 13.3. The molecule has 0 saturated carbocycles. The average molecular weight is 449 g/mol. The predicted molar refractivity (Wildman–Crippen MR) is 125 cm³/mol. The standard InChI is InChI=1S/C24H28N6O3/c1-29(14-16-10-11-21(32-2)20(31)13-16)24-28-27-23(30(24)15-17-7-5-6-12-33-17)22-18-8-3-4-9-19(18)25-26-22/h3-4,8-11,13,17,31H,5-7,12,14-15H2,1-2H3,(H,25,26). The minimum Gasteiger partial charge on any atom is -0.504 e. The highest BCUT2D eigenvalue weighted by atomic mass is 16.5. The number of H-pyrrole nitrogens is 1. The fraction of sp³-hybridized carbons (Fsp3) is 0.375. The Hall–Kier alpha value is -3.59. The second-order valence-corrected chi connectivity index (χ2v) is 8.40. The Kier molecular flexibility index (Phi) is 5.87. The van der Waals surface area contributed by atoms with Crippen LogP contribution in [0.5, 0.6) is 11.5 Å². The first kappa shape index (κ1) is 21.3. The van der Waals surface area contributed by atoms with Gasteiger partial charge in [0, 0.05) is 25.6 Å². The van der Waals surface area contributed by atoms with E-state index in [1.807, 2.05) is 42.3 Å². The number of ether oxygens (including phenoxy) is 2. The summed E-state index contributed by atoms with van der Waals surface area (Å²) in [7, 11) is 3.51. The van der Waals surface area contributed by atoms with Crippen molar-refractivity contribution in [2.45, 2.75) is 38.5 Å². The largest absolute Gasteiger partial charge is 0.504 e. The molecule has 172 valence electrons. The van der Waals surface area contributed by atoms with E-state index in [1.54, 1.807) is 12.1 Å². The average Bonchev–Trinajstić information content (AvgIpc) is 3.44. The maximum Gasteiger partial charge on any atom is 0.227 e. The lowest BCUT2D eigenvalue weighted by molar-refractivity contribution is 0.00638. The summed E-state index contributed by atoms with van der Waals surface area (Å²) in [4.78, 5) is 2.02. The van der Waals surface area contributed by atoms with Crippen LogP contribution in [0.2, 0.25) is 0 Å². The molecule has 1 unspecified atom stereocenters. The first-order chi connectivity index (χ1) is 16.1. The molecule has 4 aromatic rings. The Morgan fingerprint density at radius 1 is 1.21 bits per heavy atom. The van der Waals surface area contributed by atoms with Gasteiger partial charge in [-0.15, -0.1) is 10.2 Å². The van der Waals surface area contributed by atoms with Crippen LogP contribution in [0.3, 0.4) is 0 Å². The number of fused-ring (bicyclic) bond motifs is 1. The van der Waals surface area contributed by atoms with Gasteiger partial charge in [-0.05, 0) is 43.0 Å². The van der Waals surface area contributed by atoms with Crippen LogP contribution in [0.1, 0.15) is 24.8 Å². The molecule has 2 aromatic heterocycles. The van der Waals surface area contributed by atoms with Gasteiger partial charge in [-0.25, -0.2) is 0 Å². The van der Waals surface area contributed by atoms with E-state index in [9.17, 15) is 5.11 Å². The summed E-state index contributed by atoms with van der Waals surface area (Å²) >= 11 is 0. The van der Waals surface area contributed by atoms with Gasteiger partial charge >= 0.3 is 0 Å². The summed E-state index contributed by atoms with van der Waals surface area (Å²) in [5, 5.41) is 27.9. The molecule has 0 aliphatic carbocycles. The van der Waals surface area contributed by atoms with Crippen molar-refractivity contribution in [1.29, 1.82) is 0 Å². The molecule has 9 heteroatoms. The van der Waals surface area contributed by atoms with Gasteiger partial charge in [0.05, 0.1) is 25.3 Å². The van der Waals surface area contributed by atoms with Crippen molar-refractivity contribution < 1.29 is 14.6 Å². The van der Waals surface area contributed by atoms with Crippen LogP contribution >= 0.6 is 0 Å². The fourth-order valence-corrected chi connectivity index (χ4v) is 4.39. The maximum absolute atomic E-state index is 10.2. The van der Waals surface area contributed by atoms with Gasteiger partial charge in [0.15, 0.2) is 17.3 Å². The molecule has 9 nitrogen and oxygen atoms in total. The number of phenols is 1. The van der Waals surface area contributed by atoms with E-state index in [4.69, 9.17) is 9.47 Å². The highest BCUT2D eigenvalue weighted by Gasteiger charge is 2.24. The lowest BCUT2D eigenvalue weighted by atomic mass is 10.1. The molecule has 0 amide bonds. The van der Waals surface area contributed by atoms with E-state index < -0.39 is 0 Å². The lowest BCUT2D eigenvalue weighted by Crippen LogP contribution is -2.28. The molecule has 5 rings (SSSR count). The number of aromatic amines is 1. The molecule has 33 heavy (non-hydrogen) atoms. The number of nitrogens with zero attached hydrogens (tertiary/aromatic N) is 5. The minimum atomic E-state index is 0.107. The van der Waals surface area contributed by atoms with Crippen LogP contribution in [-0.4, -0.2) is 56.9 Å². The Balaban J connectivity index is 1.50. The van der Waals surface area contributed by atoms with Crippen LogP contribution in [-0.2, 0) is 17.8 Å². The molecule has 2 aromatic carbocycles.